The molecule has 4 aromatic rings. The molecule has 0 bridgehead atoms. The molecule has 0 aliphatic heterocycles. The number of hydrogen-bond donors (Lipinski definition) is 0. The second-order valence-electron chi connectivity index (χ2n) is 5.30. The Balaban J connectivity index is 1.73. The molecule has 0 unspecified atom stereocenters. The van der Waals surface area contributed by atoms with Gasteiger partial charge in [0.05, 0.1) is 17.6 Å². The average Bonchev–Trinajstić information content (AvgIpc) is 3.07. The van der Waals surface area contributed by atoms with E-state index in [1.807, 2.05) is 66.2 Å². The minimum Gasteiger partial charge on any atom is -0.478 e. The summed E-state index contributed by atoms with van der Waals surface area (Å²) in [6.07, 6.45) is 5.36. The molecule has 1 aromatic carbocycles. The van der Waals surface area contributed by atoms with Gasteiger partial charge in [-0.25, -0.2) is 15.0 Å². The molecule has 3 aromatic heterocycles. The minimum atomic E-state index is 0.580. The Kier molecular flexibility index (Phi) is 3.67. The van der Waals surface area contributed by atoms with E-state index < -0.39 is 0 Å². The van der Waals surface area contributed by atoms with Crippen molar-refractivity contribution in [3.63, 3.8) is 0 Å². The molecule has 0 radical (unpaired) electrons. The van der Waals surface area contributed by atoms with Crippen LogP contribution in [0.3, 0.4) is 0 Å². The Labute approximate surface area is 139 Å². The number of para-hydroxylation sites is 2. The van der Waals surface area contributed by atoms with Gasteiger partial charge in [-0.1, -0.05) is 12.1 Å². The van der Waals surface area contributed by atoms with E-state index in [0.717, 1.165) is 28.0 Å². The molecule has 0 saturated carbocycles. The van der Waals surface area contributed by atoms with Crippen LogP contribution in [-0.2, 0) is 0 Å². The summed E-state index contributed by atoms with van der Waals surface area (Å²) in [6.45, 7) is 2.53. The van der Waals surface area contributed by atoms with Crippen molar-refractivity contribution in [1.82, 2.24) is 19.5 Å². The number of benzene rings is 1. The van der Waals surface area contributed by atoms with Gasteiger partial charge in [-0.05, 0) is 43.3 Å². The first kappa shape index (κ1) is 14.4. The largest absolute Gasteiger partial charge is 0.478 e. The standard InChI is InChI=1S/C19H16N4O/c1-2-24-19-15(6-5-11-20-19)14-9-10-18(21-12-14)23-13-22-16-7-3-4-8-17(16)23/h3-13H,2H2,1H3. The van der Waals surface area contributed by atoms with Gasteiger partial charge in [0.1, 0.15) is 12.1 Å². The van der Waals surface area contributed by atoms with Gasteiger partial charge in [-0.15, -0.1) is 0 Å². The Bertz CT molecular complexity index is 976. The molecule has 0 aliphatic rings. The first-order valence-corrected chi connectivity index (χ1v) is 7.83. The number of nitrogens with zero attached hydrogens (tertiary/aromatic N) is 4. The Morgan fingerprint density at radius 3 is 2.71 bits per heavy atom. The highest BCUT2D eigenvalue weighted by atomic mass is 16.5. The Hall–Kier alpha value is -3.21. The van der Waals surface area contributed by atoms with E-state index in [0.29, 0.717) is 12.5 Å². The van der Waals surface area contributed by atoms with Gasteiger partial charge >= 0.3 is 0 Å². The van der Waals surface area contributed by atoms with Crippen molar-refractivity contribution in [1.29, 1.82) is 0 Å². The van der Waals surface area contributed by atoms with Crippen molar-refractivity contribution in [2.45, 2.75) is 6.92 Å². The lowest BCUT2D eigenvalue weighted by Gasteiger charge is -2.09. The van der Waals surface area contributed by atoms with Gasteiger partial charge in [-0.3, -0.25) is 4.57 Å². The predicted octanol–water partition coefficient (Wildman–Crippen LogP) is 3.88. The zero-order valence-corrected chi connectivity index (χ0v) is 13.3. The molecule has 5 nitrogen and oxygen atoms in total. The molecule has 0 atom stereocenters. The number of rotatable bonds is 4. The quantitative estimate of drug-likeness (QED) is 0.573. The van der Waals surface area contributed by atoms with E-state index in [1.54, 1.807) is 12.5 Å². The Morgan fingerprint density at radius 2 is 1.88 bits per heavy atom. The molecule has 5 heteroatoms. The van der Waals surface area contributed by atoms with Crippen LogP contribution < -0.4 is 4.74 Å². The van der Waals surface area contributed by atoms with Crippen molar-refractivity contribution in [3.8, 4) is 22.8 Å². The highest BCUT2D eigenvalue weighted by Gasteiger charge is 2.09. The number of hydrogen-bond acceptors (Lipinski definition) is 4. The van der Waals surface area contributed by atoms with E-state index in [1.165, 1.54) is 0 Å². The average molecular weight is 316 g/mol. The van der Waals surface area contributed by atoms with Gasteiger partial charge in [-0.2, -0.15) is 0 Å². The maximum absolute atomic E-state index is 5.60. The molecule has 0 amide bonds. The minimum absolute atomic E-state index is 0.580. The zero-order valence-electron chi connectivity index (χ0n) is 13.3. The van der Waals surface area contributed by atoms with Crippen LogP contribution in [0.2, 0.25) is 0 Å². The predicted molar refractivity (Wildman–Crippen MR) is 93.3 cm³/mol. The lowest BCUT2D eigenvalue weighted by molar-refractivity contribution is 0.328. The van der Waals surface area contributed by atoms with Crippen molar-refractivity contribution >= 4 is 11.0 Å². The molecular formula is C19H16N4O. The lowest BCUT2D eigenvalue weighted by atomic mass is 10.1. The van der Waals surface area contributed by atoms with Gasteiger partial charge in [0.15, 0.2) is 0 Å². The van der Waals surface area contributed by atoms with E-state index in [2.05, 4.69) is 15.0 Å². The van der Waals surface area contributed by atoms with Gasteiger partial charge < -0.3 is 4.74 Å². The molecule has 0 saturated heterocycles. The van der Waals surface area contributed by atoms with E-state index in [9.17, 15) is 0 Å². The fraction of sp³-hybridized carbons (Fsp3) is 0.105. The van der Waals surface area contributed by atoms with E-state index >= 15 is 0 Å². The fourth-order valence-electron chi connectivity index (χ4n) is 2.69. The first-order chi connectivity index (χ1) is 11.9. The first-order valence-electron chi connectivity index (χ1n) is 7.83. The van der Waals surface area contributed by atoms with Crippen LogP contribution in [0.25, 0.3) is 28.0 Å². The zero-order chi connectivity index (χ0) is 16.4. The van der Waals surface area contributed by atoms with Crippen molar-refractivity contribution in [2.24, 2.45) is 0 Å². The van der Waals surface area contributed by atoms with Gasteiger partial charge in [0, 0.05) is 23.5 Å². The normalized spacial score (nSPS) is 10.9. The fourth-order valence-corrected chi connectivity index (χ4v) is 2.69. The van der Waals surface area contributed by atoms with Gasteiger partial charge in [0.2, 0.25) is 5.88 Å². The summed E-state index contributed by atoms with van der Waals surface area (Å²) >= 11 is 0. The number of fused-ring (bicyclic) bond motifs is 1. The van der Waals surface area contributed by atoms with Crippen LogP contribution in [0.5, 0.6) is 5.88 Å². The third kappa shape index (κ3) is 2.50. The van der Waals surface area contributed by atoms with E-state index in [4.69, 9.17) is 4.74 Å². The lowest BCUT2D eigenvalue weighted by Crippen LogP contribution is -1.98. The number of pyridine rings is 2. The third-order valence-electron chi connectivity index (χ3n) is 3.81. The molecule has 0 fully saturated rings. The molecule has 0 N–H and O–H groups in total. The summed E-state index contributed by atoms with van der Waals surface area (Å²) < 4.78 is 7.58. The Morgan fingerprint density at radius 1 is 0.958 bits per heavy atom. The van der Waals surface area contributed by atoms with Crippen molar-refractivity contribution in [2.75, 3.05) is 6.61 Å². The number of imidazole rings is 1. The summed E-state index contributed by atoms with van der Waals surface area (Å²) in [6, 6.07) is 15.9. The van der Waals surface area contributed by atoms with Crippen LogP contribution in [0.1, 0.15) is 6.92 Å². The maximum atomic E-state index is 5.60. The smallest absolute Gasteiger partial charge is 0.221 e. The van der Waals surface area contributed by atoms with Crippen molar-refractivity contribution in [3.05, 3.63) is 67.3 Å². The highest BCUT2D eigenvalue weighted by Crippen LogP contribution is 2.28. The third-order valence-corrected chi connectivity index (χ3v) is 3.81. The molecule has 0 spiro atoms. The van der Waals surface area contributed by atoms with Crippen LogP contribution in [0, 0.1) is 0 Å². The summed E-state index contributed by atoms with van der Waals surface area (Å²) in [5.41, 5.74) is 3.90. The number of ether oxygens (including phenoxy) is 1. The van der Waals surface area contributed by atoms with Gasteiger partial charge in [0.25, 0.3) is 0 Å². The SMILES string of the molecule is CCOc1ncccc1-c1ccc(-n2cnc3ccccc32)nc1. The molecule has 3 heterocycles. The van der Waals surface area contributed by atoms with Crippen LogP contribution in [-0.4, -0.2) is 26.1 Å². The monoisotopic (exact) mass is 316 g/mol. The van der Waals surface area contributed by atoms with Crippen LogP contribution in [0.15, 0.2) is 67.3 Å². The molecule has 4 rings (SSSR count). The maximum Gasteiger partial charge on any atom is 0.221 e. The summed E-state index contributed by atoms with van der Waals surface area (Å²) in [5, 5.41) is 0. The topological polar surface area (TPSA) is 52.8 Å². The van der Waals surface area contributed by atoms with Crippen LogP contribution >= 0.6 is 0 Å². The van der Waals surface area contributed by atoms with Crippen molar-refractivity contribution < 1.29 is 4.74 Å². The molecule has 118 valence electrons. The number of aromatic nitrogens is 4. The summed E-state index contributed by atoms with van der Waals surface area (Å²) in [5.74, 6) is 1.46. The molecule has 0 aliphatic carbocycles. The second kappa shape index (κ2) is 6.12. The summed E-state index contributed by atoms with van der Waals surface area (Å²) in [4.78, 5) is 13.3. The summed E-state index contributed by atoms with van der Waals surface area (Å²) in [7, 11) is 0. The second-order valence-corrected chi connectivity index (χ2v) is 5.30. The molecular weight excluding hydrogens is 300 g/mol. The van der Waals surface area contributed by atoms with E-state index in [-0.39, 0.29) is 0 Å². The van der Waals surface area contributed by atoms with Crippen LogP contribution in [0.4, 0.5) is 0 Å². The molecule has 24 heavy (non-hydrogen) atoms. The highest BCUT2D eigenvalue weighted by molar-refractivity contribution is 5.77.